The number of carbonyl (C=O) groups excluding carboxylic acids is 1. The van der Waals surface area contributed by atoms with Crippen molar-refractivity contribution in [1.29, 1.82) is 0 Å². The Kier molecular flexibility index (Phi) is 2.12. The van der Waals surface area contributed by atoms with Gasteiger partial charge in [0.2, 0.25) is 0 Å². The van der Waals surface area contributed by atoms with Crippen molar-refractivity contribution >= 4 is 5.97 Å². The first-order valence-corrected chi connectivity index (χ1v) is 4.74. The second-order valence-electron chi connectivity index (χ2n) is 3.80. The van der Waals surface area contributed by atoms with Crippen molar-refractivity contribution in [3.8, 4) is 0 Å². The van der Waals surface area contributed by atoms with Gasteiger partial charge >= 0.3 is 5.97 Å². The number of likely N-dealkylation sites (N-methyl/N-ethyl adjacent to an activating group) is 1. The lowest BCUT2D eigenvalue weighted by Crippen LogP contribution is -2.38. The van der Waals surface area contributed by atoms with Crippen molar-refractivity contribution < 1.29 is 9.53 Å². The van der Waals surface area contributed by atoms with E-state index in [1.807, 2.05) is 6.08 Å². The molecule has 0 spiro atoms. The summed E-state index contributed by atoms with van der Waals surface area (Å²) < 4.78 is 4.75. The predicted octanol–water partition coefficient (Wildman–Crippen LogP) is 0.952. The maximum Gasteiger partial charge on any atom is 0.335 e. The first kappa shape index (κ1) is 8.75. The Balaban J connectivity index is 2.21. The summed E-state index contributed by atoms with van der Waals surface area (Å²) in [6.45, 7) is 0. The summed E-state index contributed by atoms with van der Waals surface area (Å²) in [5.74, 6) is -0.155. The van der Waals surface area contributed by atoms with Gasteiger partial charge in [-0.15, -0.1) is 0 Å². The van der Waals surface area contributed by atoms with Gasteiger partial charge in [0.25, 0.3) is 0 Å². The van der Waals surface area contributed by atoms with E-state index >= 15 is 0 Å². The van der Waals surface area contributed by atoms with E-state index < -0.39 is 0 Å². The van der Waals surface area contributed by atoms with Gasteiger partial charge in [-0.05, 0) is 26.3 Å². The van der Waals surface area contributed by atoms with Gasteiger partial charge in [-0.1, -0.05) is 6.08 Å². The molecule has 2 aliphatic rings. The van der Waals surface area contributed by atoms with Crippen LogP contribution in [0.15, 0.2) is 11.6 Å². The Morgan fingerprint density at radius 2 is 2.38 bits per heavy atom. The summed E-state index contributed by atoms with van der Waals surface area (Å²) in [7, 11) is 3.54. The predicted molar refractivity (Wildman–Crippen MR) is 49.3 cm³/mol. The number of fused-ring (bicyclic) bond motifs is 2. The number of hydrogen-bond acceptors (Lipinski definition) is 3. The molecule has 2 bridgehead atoms. The molecule has 0 aromatic heterocycles. The van der Waals surface area contributed by atoms with Gasteiger partial charge < -0.3 is 4.74 Å². The molecule has 72 valence electrons. The number of esters is 1. The molecule has 2 heterocycles. The zero-order valence-corrected chi connectivity index (χ0v) is 8.12. The lowest BCUT2D eigenvalue weighted by Gasteiger charge is -2.30. The monoisotopic (exact) mass is 181 g/mol. The van der Waals surface area contributed by atoms with Gasteiger partial charge in [-0.25, -0.2) is 4.79 Å². The van der Waals surface area contributed by atoms with Crippen molar-refractivity contribution in [2.75, 3.05) is 14.2 Å². The highest BCUT2D eigenvalue weighted by molar-refractivity contribution is 5.90. The number of methoxy groups -OCH3 is 1. The third-order valence-corrected chi connectivity index (χ3v) is 3.23. The van der Waals surface area contributed by atoms with E-state index in [0.29, 0.717) is 12.1 Å². The van der Waals surface area contributed by atoms with Gasteiger partial charge in [0.05, 0.1) is 12.7 Å². The number of carbonyl (C=O) groups is 1. The molecular weight excluding hydrogens is 166 g/mol. The van der Waals surface area contributed by atoms with Crippen molar-refractivity contribution in [1.82, 2.24) is 4.90 Å². The minimum atomic E-state index is -0.155. The minimum absolute atomic E-state index is 0.155. The summed E-state index contributed by atoms with van der Waals surface area (Å²) in [5.41, 5.74) is 0.860. The van der Waals surface area contributed by atoms with Gasteiger partial charge in [-0.3, -0.25) is 4.90 Å². The maximum absolute atomic E-state index is 11.4. The quantitative estimate of drug-likeness (QED) is 0.564. The van der Waals surface area contributed by atoms with Gasteiger partial charge in [-0.2, -0.15) is 0 Å². The molecule has 2 aliphatic heterocycles. The largest absolute Gasteiger partial charge is 0.466 e. The number of hydrogen-bond donors (Lipinski definition) is 0. The average Bonchev–Trinajstić information content (AvgIpc) is 2.41. The van der Waals surface area contributed by atoms with E-state index in [-0.39, 0.29) is 5.97 Å². The highest BCUT2D eigenvalue weighted by atomic mass is 16.5. The van der Waals surface area contributed by atoms with Crippen LogP contribution in [-0.4, -0.2) is 37.1 Å². The van der Waals surface area contributed by atoms with Crippen LogP contribution in [0.1, 0.15) is 19.3 Å². The van der Waals surface area contributed by atoms with Crippen LogP contribution in [0.5, 0.6) is 0 Å². The Labute approximate surface area is 78.4 Å². The number of ether oxygens (including phenoxy) is 1. The minimum Gasteiger partial charge on any atom is -0.466 e. The topological polar surface area (TPSA) is 29.5 Å². The smallest absolute Gasteiger partial charge is 0.335 e. The maximum atomic E-state index is 11.4. The van der Waals surface area contributed by atoms with Crippen LogP contribution in [0.4, 0.5) is 0 Å². The fraction of sp³-hybridized carbons (Fsp3) is 0.700. The molecule has 3 nitrogen and oxygen atoms in total. The summed E-state index contributed by atoms with van der Waals surface area (Å²) in [6.07, 6.45) is 5.35. The molecule has 1 saturated heterocycles. The molecule has 2 atom stereocenters. The standard InChI is InChI=1S/C10H15NO2/c1-11-7-3-5-8(10(12)13-2)9(11)6-4-7/h5,7,9H,3-4,6H2,1-2H3/t7-,9?/m0/s1. The lowest BCUT2D eigenvalue weighted by molar-refractivity contribution is -0.136. The van der Waals surface area contributed by atoms with E-state index in [2.05, 4.69) is 11.9 Å². The Morgan fingerprint density at radius 1 is 1.62 bits per heavy atom. The van der Waals surface area contributed by atoms with E-state index in [1.165, 1.54) is 13.5 Å². The van der Waals surface area contributed by atoms with Crippen molar-refractivity contribution in [3.05, 3.63) is 11.6 Å². The van der Waals surface area contributed by atoms with E-state index in [1.54, 1.807) is 0 Å². The van der Waals surface area contributed by atoms with Crippen LogP contribution in [-0.2, 0) is 9.53 Å². The molecular formula is C10H15NO2. The SMILES string of the molecule is COC(=O)C1=CC[C@H]2CCC1N2C. The molecule has 0 aromatic rings. The normalized spacial score (nSPS) is 32.9. The molecule has 0 N–H and O–H groups in total. The van der Waals surface area contributed by atoms with Crippen molar-refractivity contribution in [2.45, 2.75) is 31.3 Å². The molecule has 1 unspecified atom stereocenters. The van der Waals surface area contributed by atoms with E-state index in [0.717, 1.165) is 18.4 Å². The zero-order valence-electron chi connectivity index (χ0n) is 8.12. The second-order valence-corrected chi connectivity index (χ2v) is 3.80. The molecule has 3 heteroatoms. The van der Waals surface area contributed by atoms with Crippen molar-refractivity contribution in [3.63, 3.8) is 0 Å². The van der Waals surface area contributed by atoms with Gasteiger partial charge in [0, 0.05) is 12.1 Å². The van der Waals surface area contributed by atoms with Crippen LogP contribution >= 0.6 is 0 Å². The molecule has 0 amide bonds. The van der Waals surface area contributed by atoms with Crippen LogP contribution in [0.25, 0.3) is 0 Å². The van der Waals surface area contributed by atoms with E-state index in [4.69, 9.17) is 4.74 Å². The van der Waals surface area contributed by atoms with Crippen LogP contribution in [0.2, 0.25) is 0 Å². The molecule has 0 aliphatic carbocycles. The van der Waals surface area contributed by atoms with Crippen LogP contribution in [0, 0.1) is 0 Å². The number of rotatable bonds is 1. The molecule has 0 saturated carbocycles. The summed E-state index contributed by atoms with van der Waals surface area (Å²) in [5, 5.41) is 0. The van der Waals surface area contributed by atoms with Crippen molar-refractivity contribution in [2.24, 2.45) is 0 Å². The summed E-state index contributed by atoms with van der Waals surface area (Å²) in [6, 6.07) is 0.963. The summed E-state index contributed by atoms with van der Waals surface area (Å²) >= 11 is 0. The van der Waals surface area contributed by atoms with E-state index in [9.17, 15) is 4.79 Å². The van der Waals surface area contributed by atoms with Gasteiger partial charge in [0.1, 0.15) is 0 Å². The summed E-state index contributed by atoms with van der Waals surface area (Å²) in [4.78, 5) is 13.7. The molecule has 2 rings (SSSR count). The zero-order chi connectivity index (χ0) is 9.42. The van der Waals surface area contributed by atoms with Crippen LogP contribution < -0.4 is 0 Å². The first-order chi connectivity index (χ1) is 6.24. The third kappa shape index (κ3) is 1.27. The average molecular weight is 181 g/mol. The second kappa shape index (κ2) is 3.14. The molecule has 0 radical (unpaired) electrons. The fourth-order valence-electron chi connectivity index (χ4n) is 2.41. The molecule has 1 fully saturated rings. The molecule has 0 aromatic carbocycles. The Bertz CT molecular complexity index is 260. The van der Waals surface area contributed by atoms with Gasteiger partial charge in [0.15, 0.2) is 0 Å². The number of nitrogens with zero attached hydrogens (tertiary/aromatic N) is 1. The Morgan fingerprint density at radius 3 is 3.08 bits per heavy atom. The fourth-order valence-corrected chi connectivity index (χ4v) is 2.41. The highest BCUT2D eigenvalue weighted by Gasteiger charge is 2.38. The first-order valence-electron chi connectivity index (χ1n) is 4.74. The molecule has 13 heavy (non-hydrogen) atoms. The Hall–Kier alpha value is -0.830. The lowest BCUT2D eigenvalue weighted by atomic mass is 10.0. The highest BCUT2D eigenvalue weighted by Crippen LogP contribution is 2.34. The third-order valence-electron chi connectivity index (χ3n) is 3.23. The van der Waals surface area contributed by atoms with Crippen LogP contribution in [0.3, 0.4) is 0 Å².